The summed E-state index contributed by atoms with van der Waals surface area (Å²) >= 11 is 0. The lowest BCUT2D eigenvalue weighted by Crippen LogP contribution is -2.60. The highest BCUT2D eigenvalue weighted by atomic mass is 16.5. The van der Waals surface area contributed by atoms with Crippen molar-refractivity contribution in [2.45, 2.75) is 110 Å². The fraction of sp³-hybridized carbons (Fsp3) is 0.722. The zero-order valence-corrected chi connectivity index (χ0v) is 25.7. The number of rotatable bonds is 2. The molecule has 7 rings (SSSR count). The number of fused-ring (bicyclic) bond motifs is 7. The smallest absolute Gasteiger partial charge is 0.338 e. The molecule has 1 amide bonds. The molecule has 3 saturated carbocycles. The van der Waals surface area contributed by atoms with Crippen molar-refractivity contribution in [1.82, 2.24) is 4.90 Å². The molecule has 2 saturated heterocycles. The van der Waals surface area contributed by atoms with Crippen molar-refractivity contribution in [3.63, 3.8) is 0 Å². The van der Waals surface area contributed by atoms with Gasteiger partial charge in [0.25, 0.3) is 0 Å². The molecule has 5 nitrogen and oxygen atoms in total. The van der Waals surface area contributed by atoms with Gasteiger partial charge >= 0.3 is 5.97 Å². The molecule has 1 aromatic carbocycles. The van der Waals surface area contributed by atoms with Crippen LogP contribution in [0.1, 0.15) is 103 Å². The Balaban J connectivity index is 1.09. The quantitative estimate of drug-likeness (QED) is 0.280. The maximum atomic E-state index is 12.9. The summed E-state index contributed by atoms with van der Waals surface area (Å²) in [6, 6.07) is 9.41. The number of piperidine rings is 1. The minimum atomic E-state index is -0.403. The topological polar surface area (TPSA) is 55.8 Å². The number of benzene rings is 1. The van der Waals surface area contributed by atoms with Gasteiger partial charge in [0.15, 0.2) is 0 Å². The average molecular weight is 560 g/mol. The van der Waals surface area contributed by atoms with E-state index >= 15 is 0 Å². The summed E-state index contributed by atoms with van der Waals surface area (Å²) in [4.78, 5) is 27.7. The molecule has 0 bridgehead atoms. The van der Waals surface area contributed by atoms with E-state index in [-0.39, 0.29) is 34.9 Å². The van der Waals surface area contributed by atoms with Gasteiger partial charge in [0.2, 0.25) is 5.91 Å². The van der Waals surface area contributed by atoms with Gasteiger partial charge in [-0.15, -0.1) is 0 Å². The number of esters is 1. The Labute approximate surface area is 246 Å². The molecule has 1 aromatic rings. The fourth-order valence-electron chi connectivity index (χ4n) is 11.4. The second-order valence-corrected chi connectivity index (χ2v) is 15.3. The van der Waals surface area contributed by atoms with Gasteiger partial charge in [0, 0.05) is 25.8 Å². The molecule has 6 aliphatic rings. The number of amides is 1. The predicted molar refractivity (Wildman–Crippen MR) is 159 cm³/mol. The third kappa shape index (κ3) is 4.03. The van der Waals surface area contributed by atoms with Gasteiger partial charge in [0.05, 0.1) is 11.7 Å². The fourth-order valence-corrected chi connectivity index (χ4v) is 11.4. The van der Waals surface area contributed by atoms with Crippen LogP contribution in [0.5, 0.6) is 0 Å². The van der Waals surface area contributed by atoms with Crippen LogP contribution in [0.4, 0.5) is 0 Å². The molecule has 0 aromatic heterocycles. The van der Waals surface area contributed by atoms with E-state index in [1.165, 1.54) is 18.4 Å². The number of hydrogen-bond acceptors (Lipinski definition) is 4. The van der Waals surface area contributed by atoms with Crippen LogP contribution in [0, 0.1) is 46.3 Å². The monoisotopic (exact) mass is 559 g/mol. The molecule has 2 heterocycles. The molecule has 2 aliphatic heterocycles. The molecule has 5 fully saturated rings. The zero-order valence-electron chi connectivity index (χ0n) is 25.7. The van der Waals surface area contributed by atoms with Crippen LogP contribution in [-0.2, 0) is 14.3 Å². The SMILES string of the molecule is CC(=O)N1C[C@H](C)CC[C@@]12O[C@H]1C[C@H]3[C@@H]4CC=C5C[C@@H](OC(=O)c6ccccc6)CC[C@]5(C)[C@H]4CC[C@]3(C)[C@H]1[C@H]2C. The second-order valence-electron chi connectivity index (χ2n) is 15.3. The summed E-state index contributed by atoms with van der Waals surface area (Å²) in [5.41, 5.74) is 2.25. The molecule has 5 heteroatoms. The van der Waals surface area contributed by atoms with Crippen molar-refractivity contribution in [3.8, 4) is 0 Å². The van der Waals surface area contributed by atoms with E-state index < -0.39 is 5.72 Å². The maximum absolute atomic E-state index is 12.9. The standard InChI is InChI=1S/C36H49NO4/c1-22-13-18-36(37(21-22)24(3)38)23(2)32-31(41-36)20-30-28-12-11-26-19-27(40-33(39)25-9-7-6-8-10-25)14-16-34(26,4)29(28)15-17-35(30,32)5/h6-11,22-23,27-32H,12-21H2,1-5H3/t22-,23-,27+,28-,29+,30+,31+,32+,34+,35+,36+/m1/s1. The van der Waals surface area contributed by atoms with Crippen LogP contribution in [-0.4, -0.2) is 41.3 Å². The molecule has 1 spiro atoms. The van der Waals surface area contributed by atoms with Gasteiger partial charge in [-0.2, -0.15) is 0 Å². The maximum Gasteiger partial charge on any atom is 0.338 e. The second kappa shape index (κ2) is 9.69. The molecule has 0 unspecified atom stereocenters. The first-order valence-electron chi connectivity index (χ1n) is 16.5. The van der Waals surface area contributed by atoms with Crippen LogP contribution < -0.4 is 0 Å². The number of carbonyl (C=O) groups excluding carboxylic acids is 2. The van der Waals surface area contributed by atoms with Gasteiger partial charge < -0.3 is 14.4 Å². The van der Waals surface area contributed by atoms with E-state index in [1.54, 1.807) is 6.92 Å². The van der Waals surface area contributed by atoms with Gasteiger partial charge in [-0.05, 0) is 104 Å². The molecule has 41 heavy (non-hydrogen) atoms. The van der Waals surface area contributed by atoms with Crippen molar-refractivity contribution < 1.29 is 19.1 Å². The summed E-state index contributed by atoms with van der Waals surface area (Å²) < 4.78 is 13.2. The van der Waals surface area contributed by atoms with Crippen molar-refractivity contribution in [2.75, 3.05) is 6.54 Å². The molecular formula is C36H49NO4. The third-order valence-electron chi connectivity index (χ3n) is 13.4. The lowest BCUT2D eigenvalue weighted by Gasteiger charge is -2.59. The first kappa shape index (κ1) is 27.7. The Morgan fingerprint density at radius 2 is 1.78 bits per heavy atom. The summed E-state index contributed by atoms with van der Waals surface area (Å²) in [5.74, 6) is 3.48. The Hall–Kier alpha value is -2.14. The number of hydrogen-bond donors (Lipinski definition) is 0. The number of allylic oxidation sites excluding steroid dienone is 1. The summed E-state index contributed by atoms with van der Waals surface area (Å²) in [7, 11) is 0. The first-order valence-corrected chi connectivity index (χ1v) is 16.5. The highest BCUT2D eigenvalue weighted by Gasteiger charge is 2.69. The average Bonchev–Trinajstić information content (AvgIpc) is 3.40. The van der Waals surface area contributed by atoms with Crippen LogP contribution >= 0.6 is 0 Å². The third-order valence-corrected chi connectivity index (χ3v) is 13.4. The molecule has 11 atom stereocenters. The minimum Gasteiger partial charge on any atom is -0.458 e. The van der Waals surface area contributed by atoms with Crippen molar-refractivity contribution in [3.05, 3.63) is 47.5 Å². The molecule has 0 N–H and O–H groups in total. The Bertz CT molecular complexity index is 1240. The van der Waals surface area contributed by atoms with Crippen LogP contribution in [0.15, 0.2) is 42.0 Å². The molecule has 222 valence electrons. The predicted octanol–water partition coefficient (Wildman–Crippen LogP) is 7.41. The van der Waals surface area contributed by atoms with Crippen molar-refractivity contribution in [1.29, 1.82) is 0 Å². The van der Waals surface area contributed by atoms with E-state index in [0.29, 0.717) is 41.1 Å². The minimum absolute atomic E-state index is 0.0221. The summed E-state index contributed by atoms with van der Waals surface area (Å²) in [6.45, 7) is 12.4. The molecule has 4 aliphatic carbocycles. The van der Waals surface area contributed by atoms with Crippen molar-refractivity contribution in [2.24, 2.45) is 46.3 Å². The number of likely N-dealkylation sites (tertiary alicyclic amines) is 1. The van der Waals surface area contributed by atoms with Crippen molar-refractivity contribution >= 4 is 11.9 Å². The van der Waals surface area contributed by atoms with Gasteiger partial charge in [-0.25, -0.2) is 4.79 Å². The van der Waals surface area contributed by atoms with E-state index in [2.05, 4.69) is 38.7 Å². The lowest BCUT2D eigenvalue weighted by molar-refractivity contribution is -0.200. The van der Waals surface area contributed by atoms with Gasteiger partial charge in [0.1, 0.15) is 11.8 Å². The number of nitrogens with zero attached hydrogens (tertiary/aromatic N) is 1. The Morgan fingerprint density at radius 1 is 1.00 bits per heavy atom. The molecule has 0 radical (unpaired) electrons. The normalized spacial score (nSPS) is 46.7. The summed E-state index contributed by atoms with van der Waals surface area (Å²) in [5, 5.41) is 0. The largest absolute Gasteiger partial charge is 0.458 e. The van der Waals surface area contributed by atoms with Gasteiger partial charge in [-0.1, -0.05) is 57.5 Å². The van der Waals surface area contributed by atoms with E-state index in [9.17, 15) is 9.59 Å². The highest BCUT2D eigenvalue weighted by Crippen LogP contribution is 2.70. The first-order chi connectivity index (χ1) is 19.6. The Morgan fingerprint density at radius 3 is 2.54 bits per heavy atom. The van der Waals surface area contributed by atoms with E-state index in [4.69, 9.17) is 9.47 Å². The highest BCUT2D eigenvalue weighted by molar-refractivity contribution is 5.89. The van der Waals surface area contributed by atoms with Gasteiger partial charge in [-0.3, -0.25) is 4.79 Å². The van der Waals surface area contributed by atoms with Crippen LogP contribution in [0.25, 0.3) is 0 Å². The van der Waals surface area contributed by atoms with E-state index in [0.717, 1.165) is 51.5 Å². The zero-order chi connectivity index (χ0) is 28.7. The van der Waals surface area contributed by atoms with Crippen LogP contribution in [0.2, 0.25) is 0 Å². The lowest BCUT2D eigenvalue weighted by atomic mass is 9.46. The Kier molecular flexibility index (Phi) is 6.54. The van der Waals surface area contributed by atoms with E-state index in [1.807, 2.05) is 30.3 Å². The number of ether oxygens (including phenoxy) is 2. The number of carbonyl (C=O) groups is 2. The summed E-state index contributed by atoms with van der Waals surface area (Å²) in [6.07, 6.45) is 12.7. The van der Waals surface area contributed by atoms with Crippen LogP contribution in [0.3, 0.4) is 0 Å². The molecular weight excluding hydrogens is 510 g/mol.